The number of halogens is 4. The first kappa shape index (κ1) is 18.0. The summed E-state index contributed by atoms with van der Waals surface area (Å²) in [6.45, 7) is 0. The highest BCUT2D eigenvalue weighted by Gasteiger charge is 2.50. The Morgan fingerprint density at radius 2 is 2.08 bits per heavy atom. The standard InChI is InChI=1S/C15H11ClF3NO4S/c16-8-3-9(6-20-5-8)24-11-1-2-12(25(22,23)7-17)13-10(11)4-15(18,19)14(13)21/h1-3,5-6,14,21H,4,7H2/t14-/m0/s1. The molecule has 25 heavy (non-hydrogen) atoms. The van der Waals surface area contributed by atoms with Crippen LogP contribution in [-0.2, 0) is 16.3 Å². The average Bonchev–Trinajstić information content (AvgIpc) is 2.78. The second-order valence-electron chi connectivity index (χ2n) is 5.46. The van der Waals surface area contributed by atoms with Crippen LogP contribution in [0.4, 0.5) is 13.2 Å². The SMILES string of the molecule is O=S(=O)(CF)c1ccc(Oc2cncc(Cl)c2)c2c1[C@H](O)C(F)(F)C2. The number of benzene rings is 1. The van der Waals surface area contributed by atoms with Gasteiger partial charge in [0.05, 0.1) is 16.1 Å². The van der Waals surface area contributed by atoms with E-state index in [1.165, 1.54) is 18.5 Å². The summed E-state index contributed by atoms with van der Waals surface area (Å²) >= 11 is 5.78. The van der Waals surface area contributed by atoms with Gasteiger partial charge >= 0.3 is 0 Å². The van der Waals surface area contributed by atoms with E-state index in [1.54, 1.807) is 0 Å². The van der Waals surface area contributed by atoms with Crippen molar-refractivity contribution in [3.05, 3.63) is 46.7 Å². The Labute approximate surface area is 145 Å². The zero-order valence-corrected chi connectivity index (χ0v) is 14.0. The van der Waals surface area contributed by atoms with E-state index in [0.717, 1.165) is 12.1 Å². The number of ether oxygens (including phenoxy) is 1. The molecule has 1 heterocycles. The summed E-state index contributed by atoms with van der Waals surface area (Å²) in [7, 11) is -4.45. The van der Waals surface area contributed by atoms with Crippen LogP contribution in [0, 0.1) is 0 Å². The van der Waals surface area contributed by atoms with Crippen molar-refractivity contribution in [2.45, 2.75) is 23.3 Å². The van der Waals surface area contributed by atoms with Gasteiger partial charge in [-0.1, -0.05) is 11.6 Å². The van der Waals surface area contributed by atoms with Gasteiger partial charge in [-0.05, 0) is 12.1 Å². The zero-order valence-electron chi connectivity index (χ0n) is 12.4. The van der Waals surface area contributed by atoms with Crippen molar-refractivity contribution in [1.82, 2.24) is 4.98 Å². The Morgan fingerprint density at radius 1 is 1.36 bits per heavy atom. The largest absolute Gasteiger partial charge is 0.455 e. The van der Waals surface area contributed by atoms with Gasteiger partial charge in [-0.2, -0.15) is 0 Å². The molecular formula is C15H11ClF3NO4S. The first-order valence-corrected chi connectivity index (χ1v) is 8.97. The third kappa shape index (κ3) is 3.19. The van der Waals surface area contributed by atoms with Crippen LogP contribution >= 0.6 is 11.6 Å². The van der Waals surface area contributed by atoms with Gasteiger partial charge in [0.25, 0.3) is 5.92 Å². The molecule has 0 saturated heterocycles. The Kier molecular flexibility index (Phi) is 4.42. The van der Waals surface area contributed by atoms with Gasteiger partial charge in [0, 0.05) is 29.8 Å². The molecular weight excluding hydrogens is 383 g/mol. The molecule has 0 radical (unpaired) electrons. The maximum Gasteiger partial charge on any atom is 0.281 e. The molecule has 1 aliphatic rings. The Balaban J connectivity index is 2.15. The minimum atomic E-state index is -4.45. The first-order valence-electron chi connectivity index (χ1n) is 6.94. The minimum Gasteiger partial charge on any atom is -0.455 e. The van der Waals surface area contributed by atoms with Gasteiger partial charge < -0.3 is 9.84 Å². The molecule has 1 aliphatic carbocycles. The molecule has 10 heteroatoms. The number of aliphatic hydroxyl groups is 1. The summed E-state index contributed by atoms with van der Waals surface area (Å²) in [4.78, 5) is 3.11. The summed E-state index contributed by atoms with van der Waals surface area (Å²) in [6, 6.07) is 1.69. The number of fused-ring (bicyclic) bond motifs is 1. The van der Waals surface area contributed by atoms with Crippen LogP contribution in [-0.4, -0.2) is 30.4 Å². The zero-order chi connectivity index (χ0) is 18.4. The number of hydrogen-bond acceptors (Lipinski definition) is 5. The summed E-state index contributed by atoms with van der Waals surface area (Å²) in [6.07, 6.45) is -0.690. The summed E-state index contributed by atoms with van der Waals surface area (Å²) in [5.74, 6) is -3.55. The number of aliphatic hydroxyl groups excluding tert-OH is 1. The summed E-state index contributed by atoms with van der Waals surface area (Å²) < 4.78 is 69.9. The molecule has 3 rings (SSSR count). The van der Waals surface area contributed by atoms with Crippen molar-refractivity contribution >= 4 is 21.4 Å². The molecule has 134 valence electrons. The lowest BCUT2D eigenvalue weighted by atomic mass is 10.1. The van der Waals surface area contributed by atoms with Crippen molar-refractivity contribution in [3.8, 4) is 11.5 Å². The monoisotopic (exact) mass is 393 g/mol. The average molecular weight is 394 g/mol. The number of hydrogen-bond donors (Lipinski definition) is 1. The van der Waals surface area contributed by atoms with Crippen molar-refractivity contribution in [2.75, 3.05) is 6.01 Å². The highest BCUT2D eigenvalue weighted by molar-refractivity contribution is 7.91. The summed E-state index contributed by atoms with van der Waals surface area (Å²) in [5, 5.41) is 10.1. The molecule has 5 nitrogen and oxygen atoms in total. The predicted molar refractivity (Wildman–Crippen MR) is 82.5 cm³/mol. The lowest BCUT2D eigenvalue weighted by Gasteiger charge is -2.16. The summed E-state index contributed by atoms with van der Waals surface area (Å²) in [5.41, 5.74) is -0.748. The van der Waals surface area contributed by atoms with E-state index in [9.17, 15) is 26.7 Å². The van der Waals surface area contributed by atoms with Crippen LogP contribution in [0.3, 0.4) is 0 Å². The third-order valence-corrected chi connectivity index (χ3v) is 5.27. The highest BCUT2D eigenvalue weighted by Crippen LogP contribution is 2.49. The lowest BCUT2D eigenvalue weighted by molar-refractivity contribution is -0.0976. The van der Waals surface area contributed by atoms with Crippen LogP contribution in [0.25, 0.3) is 0 Å². The number of pyridine rings is 1. The fourth-order valence-corrected chi connectivity index (χ4v) is 3.78. The fourth-order valence-electron chi connectivity index (χ4n) is 2.65. The maximum atomic E-state index is 14.0. The normalized spacial score (nSPS) is 18.8. The van der Waals surface area contributed by atoms with Gasteiger partial charge in [0.2, 0.25) is 9.84 Å². The van der Waals surface area contributed by atoms with Crippen LogP contribution in [0.2, 0.25) is 5.02 Å². The van der Waals surface area contributed by atoms with Gasteiger partial charge in [0.15, 0.2) is 6.01 Å². The van der Waals surface area contributed by atoms with E-state index in [-0.39, 0.29) is 22.1 Å². The molecule has 1 aromatic carbocycles. The predicted octanol–water partition coefficient (Wildman–Crippen LogP) is 3.45. The molecule has 0 spiro atoms. The number of sulfone groups is 1. The second kappa shape index (κ2) is 6.15. The van der Waals surface area contributed by atoms with E-state index in [0.29, 0.717) is 0 Å². The van der Waals surface area contributed by atoms with Crippen molar-refractivity contribution in [3.63, 3.8) is 0 Å². The van der Waals surface area contributed by atoms with Gasteiger partial charge in [-0.15, -0.1) is 0 Å². The van der Waals surface area contributed by atoms with Gasteiger partial charge in [0.1, 0.15) is 17.6 Å². The Hall–Kier alpha value is -1.84. The quantitative estimate of drug-likeness (QED) is 0.861. The van der Waals surface area contributed by atoms with Crippen LogP contribution < -0.4 is 4.74 Å². The molecule has 2 aromatic rings. The molecule has 0 fully saturated rings. The first-order chi connectivity index (χ1) is 11.7. The molecule has 0 bridgehead atoms. The fraction of sp³-hybridized carbons (Fsp3) is 0.267. The number of nitrogens with zero attached hydrogens (tertiary/aromatic N) is 1. The number of aromatic nitrogens is 1. The smallest absolute Gasteiger partial charge is 0.281 e. The number of alkyl halides is 3. The van der Waals surface area contributed by atoms with Crippen LogP contribution in [0.5, 0.6) is 11.5 Å². The number of rotatable bonds is 4. The van der Waals surface area contributed by atoms with Crippen LogP contribution in [0.15, 0.2) is 35.5 Å². The molecule has 0 unspecified atom stereocenters. The molecule has 0 aliphatic heterocycles. The highest BCUT2D eigenvalue weighted by atomic mass is 35.5. The van der Waals surface area contributed by atoms with Crippen molar-refractivity contribution in [2.24, 2.45) is 0 Å². The molecule has 0 saturated carbocycles. The van der Waals surface area contributed by atoms with Crippen molar-refractivity contribution in [1.29, 1.82) is 0 Å². The maximum absolute atomic E-state index is 14.0. The van der Waals surface area contributed by atoms with E-state index in [4.69, 9.17) is 16.3 Å². The lowest BCUT2D eigenvalue weighted by Crippen LogP contribution is -2.22. The van der Waals surface area contributed by atoms with Gasteiger partial charge in [-0.3, -0.25) is 4.98 Å². The van der Waals surface area contributed by atoms with Crippen molar-refractivity contribution < 1.29 is 31.4 Å². The van der Waals surface area contributed by atoms with E-state index >= 15 is 0 Å². The van der Waals surface area contributed by atoms with E-state index in [1.807, 2.05) is 0 Å². The molecule has 1 N–H and O–H groups in total. The third-order valence-electron chi connectivity index (χ3n) is 3.75. The topological polar surface area (TPSA) is 76.5 Å². The van der Waals surface area contributed by atoms with E-state index < -0.39 is 44.8 Å². The minimum absolute atomic E-state index is 0.0897. The molecule has 0 amide bonds. The van der Waals surface area contributed by atoms with E-state index in [2.05, 4.69) is 4.98 Å². The Bertz CT molecular complexity index is 936. The molecule has 1 aromatic heterocycles. The second-order valence-corrected chi connectivity index (χ2v) is 7.78. The van der Waals surface area contributed by atoms with Gasteiger partial charge in [-0.25, -0.2) is 21.6 Å². The Morgan fingerprint density at radius 3 is 2.72 bits per heavy atom. The van der Waals surface area contributed by atoms with Crippen LogP contribution in [0.1, 0.15) is 17.2 Å². The molecule has 1 atom stereocenters.